The standard InChI is InChI=1S/C20H21NO4S/c1-26-16-9-7-14(8-10-16)17(13-20(24)25)21-19(23)12-11-18(22)15-5-3-2-4-6-15/h2-10,17H,11-13H2,1H3,(H,21,23)(H,24,25). The van der Waals surface area contributed by atoms with E-state index in [1.54, 1.807) is 36.0 Å². The predicted octanol–water partition coefficient (Wildman–Crippen LogP) is 3.70. The van der Waals surface area contributed by atoms with Gasteiger partial charge in [-0.25, -0.2) is 0 Å². The van der Waals surface area contributed by atoms with Gasteiger partial charge in [-0.15, -0.1) is 11.8 Å². The van der Waals surface area contributed by atoms with Gasteiger partial charge in [0.25, 0.3) is 0 Å². The second-order valence-electron chi connectivity index (χ2n) is 5.78. The number of aliphatic carboxylic acids is 1. The minimum absolute atomic E-state index is 0.0206. The Morgan fingerprint density at radius 3 is 2.23 bits per heavy atom. The molecule has 0 bridgehead atoms. The monoisotopic (exact) mass is 371 g/mol. The van der Waals surface area contributed by atoms with Crippen LogP contribution in [-0.2, 0) is 9.59 Å². The highest BCUT2D eigenvalue weighted by atomic mass is 32.2. The maximum Gasteiger partial charge on any atom is 0.305 e. The minimum atomic E-state index is -0.996. The van der Waals surface area contributed by atoms with Crippen molar-refractivity contribution < 1.29 is 19.5 Å². The number of thioether (sulfide) groups is 1. The van der Waals surface area contributed by atoms with Crippen molar-refractivity contribution in [3.05, 3.63) is 65.7 Å². The fourth-order valence-electron chi connectivity index (χ4n) is 2.52. The first-order valence-corrected chi connectivity index (χ1v) is 9.45. The van der Waals surface area contributed by atoms with Crippen molar-refractivity contribution in [1.29, 1.82) is 0 Å². The molecule has 0 spiro atoms. The van der Waals surface area contributed by atoms with Crippen LogP contribution in [0.2, 0.25) is 0 Å². The molecule has 1 unspecified atom stereocenters. The summed E-state index contributed by atoms with van der Waals surface area (Å²) in [7, 11) is 0. The molecular formula is C20H21NO4S. The molecule has 0 aromatic heterocycles. The fourth-order valence-corrected chi connectivity index (χ4v) is 2.93. The highest BCUT2D eigenvalue weighted by Crippen LogP contribution is 2.21. The van der Waals surface area contributed by atoms with E-state index in [1.165, 1.54) is 0 Å². The Kier molecular flexibility index (Phi) is 7.41. The van der Waals surface area contributed by atoms with Crippen molar-refractivity contribution in [2.75, 3.05) is 6.26 Å². The van der Waals surface area contributed by atoms with Gasteiger partial charge in [-0.2, -0.15) is 0 Å². The number of nitrogens with one attached hydrogen (secondary N) is 1. The summed E-state index contributed by atoms with van der Waals surface area (Å²) in [5.74, 6) is -1.45. The number of Topliss-reactive ketones (excluding diaryl/α,β-unsaturated/α-hetero) is 1. The first-order valence-electron chi connectivity index (χ1n) is 8.23. The Morgan fingerprint density at radius 1 is 1.00 bits per heavy atom. The molecule has 6 heteroatoms. The molecular weight excluding hydrogens is 350 g/mol. The molecule has 1 amide bonds. The van der Waals surface area contributed by atoms with E-state index in [1.807, 2.05) is 36.6 Å². The molecule has 2 N–H and O–H groups in total. The van der Waals surface area contributed by atoms with Crippen molar-refractivity contribution in [2.45, 2.75) is 30.2 Å². The summed E-state index contributed by atoms with van der Waals surface area (Å²) in [6.45, 7) is 0. The van der Waals surface area contributed by atoms with Gasteiger partial charge in [0.15, 0.2) is 5.78 Å². The molecule has 0 radical (unpaired) electrons. The third kappa shape index (κ3) is 6.04. The number of ketones is 1. The van der Waals surface area contributed by atoms with Crippen LogP contribution in [0.5, 0.6) is 0 Å². The lowest BCUT2D eigenvalue weighted by Gasteiger charge is -2.18. The average molecular weight is 371 g/mol. The number of amides is 1. The quantitative estimate of drug-likeness (QED) is 0.519. The second-order valence-corrected chi connectivity index (χ2v) is 6.66. The van der Waals surface area contributed by atoms with E-state index in [2.05, 4.69) is 5.32 Å². The zero-order chi connectivity index (χ0) is 18.9. The Hall–Kier alpha value is -2.60. The summed E-state index contributed by atoms with van der Waals surface area (Å²) in [5, 5.41) is 11.8. The van der Waals surface area contributed by atoms with Gasteiger partial charge in [0.2, 0.25) is 5.91 Å². The molecule has 0 heterocycles. The fraction of sp³-hybridized carbons (Fsp3) is 0.250. The molecule has 5 nitrogen and oxygen atoms in total. The Labute approximate surface area is 156 Å². The maximum absolute atomic E-state index is 12.2. The molecule has 26 heavy (non-hydrogen) atoms. The van der Waals surface area contributed by atoms with E-state index in [-0.39, 0.29) is 31.0 Å². The zero-order valence-electron chi connectivity index (χ0n) is 14.5. The van der Waals surface area contributed by atoms with Gasteiger partial charge in [-0.3, -0.25) is 14.4 Å². The van der Waals surface area contributed by atoms with Gasteiger partial charge in [0, 0.05) is 23.3 Å². The summed E-state index contributed by atoms with van der Waals surface area (Å²) in [6, 6.07) is 15.6. The first kappa shape index (κ1) is 19.7. The van der Waals surface area contributed by atoms with E-state index in [4.69, 9.17) is 5.11 Å². The molecule has 0 aliphatic carbocycles. The normalized spacial score (nSPS) is 11.6. The van der Waals surface area contributed by atoms with Gasteiger partial charge in [-0.1, -0.05) is 42.5 Å². The van der Waals surface area contributed by atoms with Crippen LogP contribution >= 0.6 is 11.8 Å². The smallest absolute Gasteiger partial charge is 0.305 e. The molecule has 0 fully saturated rings. The average Bonchev–Trinajstić information content (AvgIpc) is 2.66. The lowest BCUT2D eigenvalue weighted by Crippen LogP contribution is -2.30. The summed E-state index contributed by atoms with van der Waals surface area (Å²) < 4.78 is 0. The SMILES string of the molecule is CSc1ccc(C(CC(=O)O)NC(=O)CCC(=O)c2ccccc2)cc1. The third-order valence-electron chi connectivity index (χ3n) is 3.91. The number of carboxylic acid groups (broad SMARTS) is 1. The van der Waals surface area contributed by atoms with Crippen molar-refractivity contribution in [2.24, 2.45) is 0 Å². The van der Waals surface area contributed by atoms with Crippen molar-refractivity contribution in [1.82, 2.24) is 5.32 Å². The molecule has 0 saturated carbocycles. The van der Waals surface area contributed by atoms with Crippen LogP contribution < -0.4 is 5.32 Å². The number of carboxylic acids is 1. The van der Waals surface area contributed by atoms with E-state index in [0.29, 0.717) is 5.56 Å². The molecule has 2 rings (SSSR count). The largest absolute Gasteiger partial charge is 0.481 e. The van der Waals surface area contributed by atoms with Crippen LogP contribution in [0.4, 0.5) is 0 Å². The topological polar surface area (TPSA) is 83.5 Å². The van der Waals surface area contributed by atoms with E-state index in [9.17, 15) is 14.4 Å². The van der Waals surface area contributed by atoms with Gasteiger partial charge in [0.05, 0.1) is 12.5 Å². The third-order valence-corrected chi connectivity index (χ3v) is 4.65. The van der Waals surface area contributed by atoms with Crippen LogP contribution in [0.15, 0.2) is 59.5 Å². The molecule has 1 atom stereocenters. The lowest BCUT2D eigenvalue weighted by molar-refractivity contribution is -0.137. The molecule has 0 saturated heterocycles. The number of carbonyl (C=O) groups excluding carboxylic acids is 2. The Balaban J connectivity index is 1.97. The molecule has 2 aromatic rings. The van der Waals surface area contributed by atoms with Crippen LogP contribution in [0.3, 0.4) is 0 Å². The first-order chi connectivity index (χ1) is 12.5. The van der Waals surface area contributed by atoms with Crippen LogP contribution in [0.1, 0.15) is 41.2 Å². The zero-order valence-corrected chi connectivity index (χ0v) is 15.3. The molecule has 2 aromatic carbocycles. The van der Waals surface area contributed by atoms with Gasteiger partial charge < -0.3 is 10.4 Å². The van der Waals surface area contributed by atoms with Gasteiger partial charge in [0.1, 0.15) is 0 Å². The summed E-state index contributed by atoms with van der Waals surface area (Å²) in [4.78, 5) is 36.5. The molecule has 0 aliphatic rings. The van der Waals surface area contributed by atoms with Crippen LogP contribution in [0, 0.1) is 0 Å². The van der Waals surface area contributed by atoms with E-state index < -0.39 is 12.0 Å². The van der Waals surface area contributed by atoms with Crippen LogP contribution in [0.25, 0.3) is 0 Å². The van der Waals surface area contributed by atoms with Crippen molar-refractivity contribution in [3.8, 4) is 0 Å². The number of rotatable bonds is 9. The molecule has 0 aliphatic heterocycles. The van der Waals surface area contributed by atoms with E-state index in [0.717, 1.165) is 10.5 Å². The summed E-state index contributed by atoms with van der Waals surface area (Å²) >= 11 is 1.59. The van der Waals surface area contributed by atoms with Crippen LogP contribution in [-0.4, -0.2) is 29.0 Å². The Morgan fingerprint density at radius 2 is 1.65 bits per heavy atom. The number of hydrogen-bond donors (Lipinski definition) is 2. The highest BCUT2D eigenvalue weighted by molar-refractivity contribution is 7.98. The maximum atomic E-state index is 12.2. The predicted molar refractivity (Wildman–Crippen MR) is 101 cm³/mol. The molecule has 136 valence electrons. The second kappa shape index (κ2) is 9.77. The van der Waals surface area contributed by atoms with Crippen molar-refractivity contribution in [3.63, 3.8) is 0 Å². The summed E-state index contributed by atoms with van der Waals surface area (Å²) in [6.07, 6.45) is 1.85. The number of carbonyl (C=O) groups is 3. The lowest BCUT2D eigenvalue weighted by atomic mass is 10.0. The van der Waals surface area contributed by atoms with Crippen molar-refractivity contribution >= 4 is 29.4 Å². The van der Waals surface area contributed by atoms with Gasteiger partial charge in [-0.05, 0) is 24.0 Å². The van der Waals surface area contributed by atoms with E-state index >= 15 is 0 Å². The minimum Gasteiger partial charge on any atom is -0.481 e. The Bertz CT molecular complexity index is 759. The number of hydrogen-bond acceptors (Lipinski definition) is 4. The van der Waals surface area contributed by atoms with Gasteiger partial charge >= 0.3 is 5.97 Å². The summed E-state index contributed by atoms with van der Waals surface area (Å²) in [5.41, 5.74) is 1.29. The highest BCUT2D eigenvalue weighted by Gasteiger charge is 2.19. The number of benzene rings is 2.